The SMILES string of the molecule is Cc1cccc(C(Cl)=C(Cl)Cl)c1. The molecule has 0 saturated carbocycles. The van der Waals surface area contributed by atoms with Gasteiger partial charge in [-0.05, 0) is 12.5 Å². The third kappa shape index (κ3) is 2.41. The van der Waals surface area contributed by atoms with Gasteiger partial charge in [-0.3, -0.25) is 0 Å². The minimum absolute atomic E-state index is 0.0993. The summed E-state index contributed by atoms with van der Waals surface area (Å²) in [5.41, 5.74) is 1.97. The van der Waals surface area contributed by atoms with E-state index in [0.29, 0.717) is 5.03 Å². The second-order valence-corrected chi connectivity index (χ2v) is 3.77. The Morgan fingerprint density at radius 1 is 1.17 bits per heavy atom. The van der Waals surface area contributed by atoms with Gasteiger partial charge in [0.15, 0.2) is 0 Å². The molecule has 0 bridgehead atoms. The molecule has 1 aromatic carbocycles. The Kier molecular flexibility index (Phi) is 3.45. The molecule has 0 spiro atoms. The molecule has 0 aliphatic rings. The highest BCUT2D eigenvalue weighted by Gasteiger charge is 2.01. The van der Waals surface area contributed by atoms with Crippen molar-refractivity contribution in [3.05, 3.63) is 39.9 Å². The highest BCUT2D eigenvalue weighted by molar-refractivity contribution is 6.66. The molecule has 0 heterocycles. The molecule has 0 aliphatic heterocycles. The molecule has 0 nitrogen and oxygen atoms in total. The third-order valence-electron chi connectivity index (χ3n) is 1.44. The molecule has 0 aliphatic carbocycles. The number of halogens is 3. The van der Waals surface area contributed by atoms with Crippen molar-refractivity contribution in [2.75, 3.05) is 0 Å². The van der Waals surface area contributed by atoms with Crippen LogP contribution in [0.3, 0.4) is 0 Å². The molecule has 0 atom stereocenters. The van der Waals surface area contributed by atoms with Gasteiger partial charge in [0.1, 0.15) is 4.49 Å². The van der Waals surface area contributed by atoms with Crippen LogP contribution in [0.15, 0.2) is 28.8 Å². The summed E-state index contributed by atoms with van der Waals surface area (Å²) in [6.45, 7) is 1.98. The molecule has 0 radical (unpaired) electrons. The van der Waals surface area contributed by atoms with E-state index < -0.39 is 0 Å². The van der Waals surface area contributed by atoms with Crippen LogP contribution < -0.4 is 0 Å². The molecular formula is C9H7Cl3. The van der Waals surface area contributed by atoms with E-state index in [9.17, 15) is 0 Å². The fourth-order valence-corrected chi connectivity index (χ4v) is 1.23. The maximum atomic E-state index is 5.83. The van der Waals surface area contributed by atoms with E-state index in [1.807, 2.05) is 31.2 Å². The lowest BCUT2D eigenvalue weighted by Crippen LogP contribution is -1.78. The summed E-state index contributed by atoms with van der Waals surface area (Å²) in [5.74, 6) is 0. The zero-order valence-electron chi connectivity index (χ0n) is 6.44. The highest BCUT2D eigenvalue weighted by atomic mass is 35.5. The third-order valence-corrected chi connectivity index (χ3v) is 2.42. The predicted molar refractivity (Wildman–Crippen MR) is 55.7 cm³/mol. The van der Waals surface area contributed by atoms with E-state index in [4.69, 9.17) is 34.8 Å². The van der Waals surface area contributed by atoms with Gasteiger partial charge in [-0.2, -0.15) is 0 Å². The van der Waals surface area contributed by atoms with E-state index >= 15 is 0 Å². The number of hydrogen-bond acceptors (Lipinski definition) is 0. The topological polar surface area (TPSA) is 0 Å². The van der Waals surface area contributed by atoms with Gasteiger partial charge in [-0.1, -0.05) is 64.6 Å². The smallest absolute Gasteiger partial charge is 0.0811 e. The Bertz CT molecular complexity index is 311. The summed E-state index contributed by atoms with van der Waals surface area (Å²) in [6, 6.07) is 7.67. The average molecular weight is 222 g/mol. The van der Waals surface area contributed by atoms with Crippen LogP contribution in [0.1, 0.15) is 11.1 Å². The Morgan fingerprint density at radius 2 is 1.83 bits per heavy atom. The van der Waals surface area contributed by atoms with E-state index in [-0.39, 0.29) is 4.49 Å². The molecule has 1 rings (SSSR count). The Labute approximate surface area is 86.7 Å². The first kappa shape index (κ1) is 9.91. The minimum atomic E-state index is 0.0993. The fraction of sp³-hybridized carbons (Fsp3) is 0.111. The Balaban J connectivity index is 3.13. The first-order valence-electron chi connectivity index (χ1n) is 3.39. The Hall–Kier alpha value is -0.170. The van der Waals surface area contributed by atoms with Crippen molar-refractivity contribution in [2.24, 2.45) is 0 Å². The van der Waals surface area contributed by atoms with Gasteiger partial charge in [0, 0.05) is 0 Å². The lowest BCUT2D eigenvalue weighted by atomic mass is 10.1. The standard InChI is InChI=1S/C9H7Cl3/c1-6-3-2-4-7(5-6)8(10)9(11)12/h2-5H,1H3. The molecule has 64 valence electrons. The van der Waals surface area contributed by atoms with Crippen molar-refractivity contribution in [2.45, 2.75) is 6.92 Å². The molecular weight excluding hydrogens is 214 g/mol. The van der Waals surface area contributed by atoms with Gasteiger partial charge in [0.25, 0.3) is 0 Å². The fourth-order valence-electron chi connectivity index (χ4n) is 0.891. The summed E-state index contributed by atoms with van der Waals surface area (Å²) in [5, 5.41) is 0.391. The normalized spacial score (nSPS) is 9.67. The average Bonchev–Trinajstić information content (AvgIpc) is 2.03. The van der Waals surface area contributed by atoms with Crippen molar-refractivity contribution < 1.29 is 0 Å². The summed E-state index contributed by atoms with van der Waals surface area (Å²) in [7, 11) is 0. The van der Waals surface area contributed by atoms with Gasteiger partial charge in [0.05, 0.1) is 5.03 Å². The lowest BCUT2D eigenvalue weighted by Gasteiger charge is -1.99. The van der Waals surface area contributed by atoms with Crippen molar-refractivity contribution >= 4 is 39.8 Å². The molecule has 12 heavy (non-hydrogen) atoms. The quantitative estimate of drug-likeness (QED) is 0.662. The van der Waals surface area contributed by atoms with Crippen LogP contribution in [0, 0.1) is 6.92 Å². The van der Waals surface area contributed by atoms with Crippen molar-refractivity contribution in [3.8, 4) is 0 Å². The van der Waals surface area contributed by atoms with Gasteiger partial charge >= 0.3 is 0 Å². The molecule has 3 heteroatoms. The summed E-state index contributed by atoms with van der Waals surface area (Å²) in [6.07, 6.45) is 0. The van der Waals surface area contributed by atoms with Gasteiger partial charge in [-0.15, -0.1) is 0 Å². The van der Waals surface area contributed by atoms with Crippen molar-refractivity contribution in [3.63, 3.8) is 0 Å². The molecule has 0 fully saturated rings. The zero-order chi connectivity index (χ0) is 9.14. The number of benzene rings is 1. The summed E-state index contributed by atoms with van der Waals surface area (Å²) >= 11 is 16.9. The van der Waals surface area contributed by atoms with E-state index in [2.05, 4.69) is 0 Å². The van der Waals surface area contributed by atoms with E-state index in [0.717, 1.165) is 11.1 Å². The maximum Gasteiger partial charge on any atom is 0.126 e. The van der Waals surface area contributed by atoms with Crippen LogP contribution in [0.4, 0.5) is 0 Å². The van der Waals surface area contributed by atoms with E-state index in [1.165, 1.54) is 0 Å². The van der Waals surface area contributed by atoms with Crippen molar-refractivity contribution in [1.82, 2.24) is 0 Å². The molecule has 0 amide bonds. The van der Waals surface area contributed by atoms with Crippen LogP contribution >= 0.6 is 34.8 Å². The predicted octanol–water partition coefficient (Wildman–Crippen LogP) is 4.34. The second-order valence-electron chi connectivity index (χ2n) is 2.44. The molecule has 0 unspecified atom stereocenters. The summed E-state index contributed by atoms with van der Waals surface area (Å²) in [4.78, 5) is 0. The van der Waals surface area contributed by atoms with Gasteiger partial charge in [0.2, 0.25) is 0 Å². The zero-order valence-corrected chi connectivity index (χ0v) is 8.71. The Morgan fingerprint density at radius 3 is 2.33 bits per heavy atom. The summed E-state index contributed by atoms with van der Waals surface area (Å²) < 4.78 is 0.0993. The van der Waals surface area contributed by atoms with Crippen LogP contribution in [0.25, 0.3) is 5.03 Å². The lowest BCUT2D eigenvalue weighted by molar-refractivity contribution is 1.46. The molecule has 0 aromatic heterocycles. The number of hydrogen-bond donors (Lipinski definition) is 0. The van der Waals surface area contributed by atoms with Crippen molar-refractivity contribution in [1.29, 1.82) is 0 Å². The first-order valence-corrected chi connectivity index (χ1v) is 4.52. The van der Waals surface area contributed by atoms with Crippen LogP contribution in [0.2, 0.25) is 0 Å². The van der Waals surface area contributed by atoms with Crippen LogP contribution in [0.5, 0.6) is 0 Å². The van der Waals surface area contributed by atoms with Crippen LogP contribution in [-0.2, 0) is 0 Å². The highest BCUT2D eigenvalue weighted by Crippen LogP contribution is 2.27. The first-order chi connectivity index (χ1) is 5.61. The molecule has 1 aromatic rings. The molecule has 0 saturated heterocycles. The molecule has 0 N–H and O–H groups in total. The second kappa shape index (κ2) is 4.18. The maximum absolute atomic E-state index is 5.83. The monoisotopic (exact) mass is 220 g/mol. The largest absolute Gasteiger partial charge is 0.126 e. The van der Waals surface area contributed by atoms with Gasteiger partial charge in [-0.25, -0.2) is 0 Å². The van der Waals surface area contributed by atoms with E-state index in [1.54, 1.807) is 0 Å². The number of aryl methyl sites for hydroxylation is 1. The van der Waals surface area contributed by atoms with Gasteiger partial charge < -0.3 is 0 Å². The minimum Gasteiger partial charge on any atom is -0.0811 e. The number of rotatable bonds is 1. The van der Waals surface area contributed by atoms with Crippen LogP contribution in [-0.4, -0.2) is 0 Å².